The number of benzene rings is 2. The van der Waals surface area contributed by atoms with E-state index in [-0.39, 0.29) is 0 Å². The molecule has 0 nitrogen and oxygen atoms in total. The quantitative estimate of drug-likeness (QED) is 0.141. The van der Waals surface area contributed by atoms with Crippen LogP contribution in [0.4, 0.5) is 0 Å². The molecule has 0 bridgehead atoms. The summed E-state index contributed by atoms with van der Waals surface area (Å²) in [5.41, 5.74) is 5.49. The Bertz CT molecular complexity index is 750. The molecule has 0 atom stereocenters. The number of aryl methyl sites for hydroxylation is 1. The monoisotopic (exact) mass is 486 g/mol. The van der Waals surface area contributed by atoms with Gasteiger partial charge in [0.25, 0.3) is 0 Å². The van der Waals surface area contributed by atoms with E-state index in [1.807, 2.05) is 0 Å². The van der Waals surface area contributed by atoms with Crippen molar-refractivity contribution in [2.45, 2.75) is 103 Å². The van der Waals surface area contributed by atoms with Gasteiger partial charge in [-0.05, 0) is 29.2 Å². The lowest BCUT2D eigenvalue weighted by Gasteiger charge is -2.24. The first kappa shape index (κ1) is 25.4. The van der Waals surface area contributed by atoms with Gasteiger partial charge in [-0.1, -0.05) is 154 Å². The lowest BCUT2D eigenvalue weighted by Crippen LogP contribution is -2.41. The summed E-state index contributed by atoms with van der Waals surface area (Å²) in [6.07, 6.45) is 14.2. The second-order valence-electron chi connectivity index (χ2n) is 9.68. The van der Waals surface area contributed by atoms with Gasteiger partial charge in [-0.3, -0.25) is 0 Å². The zero-order valence-corrected chi connectivity index (χ0v) is 22.5. The molecule has 0 fully saturated rings. The van der Waals surface area contributed by atoms with E-state index in [0.717, 1.165) is 5.33 Å². The summed E-state index contributed by atoms with van der Waals surface area (Å²) in [7, 11) is -1.38. The number of halogens is 1. The maximum Gasteiger partial charge on any atom is 0.0806 e. The van der Waals surface area contributed by atoms with Crippen molar-refractivity contribution >= 4 is 29.2 Å². The predicted molar refractivity (Wildman–Crippen MR) is 143 cm³/mol. The minimum absolute atomic E-state index is 0.916. The predicted octanol–water partition coefficient (Wildman–Crippen LogP) is 9.39. The van der Waals surface area contributed by atoms with Crippen LogP contribution in [-0.2, 0) is 5.33 Å². The van der Waals surface area contributed by atoms with Gasteiger partial charge in [0.15, 0.2) is 0 Å². The molecular formula is C28H43BrSi. The van der Waals surface area contributed by atoms with Gasteiger partial charge >= 0.3 is 0 Å². The molecule has 30 heavy (non-hydrogen) atoms. The summed E-state index contributed by atoms with van der Waals surface area (Å²) < 4.78 is 0. The van der Waals surface area contributed by atoms with Gasteiger partial charge in [-0.15, -0.1) is 0 Å². The molecule has 2 aromatic carbocycles. The average molecular weight is 488 g/mol. The van der Waals surface area contributed by atoms with Crippen molar-refractivity contribution < 1.29 is 0 Å². The molecule has 0 N–H and O–H groups in total. The molecule has 0 saturated carbocycles. The summed E-state index contributed by atoms with van der Waals surface area (Å²) in [5, 5.41) is 2.53. The van der Waals surface area contributed by atoms with E-state index in [1.165, 1.54) is 92.5 Å². The van der Waals surface area contributed by atoms with Crippen LogP contribution in [0.2, 0.25) is 19.1 Å². The van der Waals surface area contributed by atoms with Crippen LogP contribution in [0.25, 0.3) is 11.1 Å². The molecule has 0 aliphatic rings. The lowest BCUT2D eigenvalue weighted by atomic mass is 9.99. The van der Waals surface area contributed by atoms with Crippen LogP contribution in [0.3, 0.4) is 0 Å². The van der Waals surface area contributed by atoms with Crippen LogP contribution in [0.5, 0.6) is 0 Å². The number of unbranched alkanes of at least 4 members (excludes halogenated alkanes) is 9. The maximum atomic E-state index is 3.61. The fourth-order valence-electron chi connectivity index (χ4n) is 4.37. The Kier molecular flexibility index (Phi) is 11.5. The summed E-state index contributed by atoms with van der Waals surface area (Å²) in [6.45, 7) is 9.64. The third kappa shape index (κ3) is 8.34. The first-order chi connectivity index (χ1) is 14.5. The zero-order chi connectivity index (χ0) is 21.8. The standard InChI is InChI=1S/C28H43BrSi/c1-5-6-7-8-9-10-11-12-13-14-20-30(3,4)27-17-15-16-26(22-27)28-21-25(23-29)19-18-24(28)2/h15-19,21-22H,5-14,20,23H2,1-4H3. The number of alkyl halides is 1. The topological polar surface area (TPSA) is 0 Å². The third-order valence-electron chi connectivity index (χ3n) is 6.57. The highest BCUT2D eigenvalue weighted by Gasteiger charge is 2.23. The maximum absolute atomic E-state index is 3.61. The zero-order valence-electron chi connectivity index (χ0n) is 19.9. The number of hydrogen-bond donors (Lipinski definition) is 0. The molecule has 0 radical (unpaired) electrons. The summed E-state index contributed by atoms with van der Waals surface area (Å²) in [4.78, 5) is 0. The van der Waals surface area contributed by atoms with Gasteiger partial charge in [0, 0.05) is 5.33 Å². The molecule has 0 unspecified atom stereocenters. The van der Waals surface area contributed by atoms with Gasteiger partial charge in [0.2, 0.25) is 0 Å². The molecule has 166 valence electrons. The Hall–Kier alpha value is -0.863. The van der Waals surface area contributed by atoms with E-state index in [4.69, 9.17) is 0 Å². The first-order valence-electron chi connectivity index (χ1n) is 12.2. The highest BCUT2D eigenvalue weighted by Crippen LogP contribution is 2.26. The van der Waals surface area contributed by atoms with Crippen LogP contribution < -0.4 is 5.19 Å². The highest BCUT2D eigenvalue weighted by molar-refractivity contribution is 9.08. The van der Waals surface area contributed by atoms with E-state index >= 15 is 0 Å². The van der Waals surface area contributed by atoms with E-state index in [0.29, 0.717) is 0 Å². The normalized spacial score (nSPS) is 11.8. The Morgan fingerprint density at radius 2 is 1.40 bits per heavy atom. The van der Waals surface area contributed by atoms with Crippen molar-refractivity contribution in [1.29, 1.82) is 0 Å². The van der Waals surface area contributed by atoms with Gasteiger partial charge in [-0.2, -0.15) is 0 Å². The van der Waals surface area contributed by atoms with Crippen LogP contribution >= 0.6 is 15.9 Å². The minimum Gasteiger partial charge on any atom is -0.0876 e. The molecule has 0 amide bonds. The SMILES string of the molecule is CCCCCCCCCCCC[Si](C)(C)c1cccc(-c2cc(CBr)ccc2C)c1. The van der Waals surface area contributed by atoms with Crippen LogP contribution in [0.15, 0.2) is 42.5 Å². The Morgan fingerprint density at radius 1 is 0.767 bits per heavy atom. The average Bonchev–Trinajstić information content (AvgIpc) is 2.75. The van der Waals surface area contributed by atoms with Gasteiger partial charge < -0.3 is 0 Å². The number of rotatable bonds is 14. The van der Waals surface area contributed by atoms with Crippen molar-refractivity contribution in [2.75, 3.05) is 0 Å². The molecule has 2 rings (SSSR count). The van der Waals surface area contributed by atoms with Gasteiger partial charge in [-0.25, -0.2) is 0 Å². The summed E-state index contributed by atoms with van der Waals surface area (Å²) in [6, 6.07) is 17.7. The molecule has 2 heteroatoms. The molecule has 0 aliphatic carbocycles. The Balaban J connectivity index is 1.84. The van der Waals surface area contributed by atoms with E-state index < -0.39 is 8.07 Å². The molecule has 0 aromatic heterocycles. The largest absolute Gasteiger partial charge is 0.0876 e. The van der Waals surface area contributed by atoms with E-state index in [9.17, 15) is 0 Å². The Morgan fingerprint density at radius 3 is 2.03 bits per heavy atom. The second-order valence-corrected chi connectivity index (χ2v) is 15.1. The molecule has 0 aliphatic heterocycles. The second kappa shape index (κ2) is 13.5. The van der Waals surface area contributed by atoms with Crippen molar-refractivity contribution in [1.82, 2.24) is 0 Å². The van der Waals surface area contributed by atoms with Crippen molar-refractivity contribution in [3.8, 4) is 11.1 Å². The van der Waals surface area contributed by atoms with E-state index in [2.05, 4.69) is 85.3 Å². The fourth-order valence-corrected chi connectivity index (χ4v) is 7.23. The first-order valence-corrected chi connectivity index (χ1v) is 16.6. The van der Waals surface area contributed by atoms with Gasteiger partial charge in [0.1, 0.15) is 0 Å². The fraction of sp³-hybridized carbons (Fsp3) is 0.571. The lowest BCUT2D eigenvalue weighted by molar-refractivity contribution is 0.561. The minimum atomic E-state index is -1.38. The summed E-state index contributed by atoms with van der Waals surface area (Å²) in [5.74, 6) is 0. The van der Waals surface area contributed by atoms with Gasteiger partial charge in [0.05, 0.1) is 8.07 Å². The molecule has 2 aromatic rings. The molecule has 0 heterocycles. The molecule has 0 saturated heterocycles. The van der Waals surface area contributed by atoms with Crippen molar-refractivity contribution in [3.63, 3.8) is 0 Å². The third-order valence-corrected chi connectivity index (χ3v) is 10.7. The number of hydrogen-bond acceptors (Lipinski definition) is 0. The van der Waals surface area contributed by atoms with Crippen LogP contribution in [0.1, 0.15) is 82.3 Å². The molecule has 0 spiro atoms. The van der Waals surface area contributed by atoms with Crippen LogP contribution in [-0.4, -0.2) is 8.07 Å². The highest BCUT2D eigenvalue weighted by atomic mass is 79.9. The summed E-state index contributed by atoms with van der Waals surface area (Å²) >= 11 is 3.61. The van der Waals surface area contributed by atoms with Crippen molar-refractivity contribution in [2.24, 2.45) is 0 Å². The Labute approximate surface area is 196 Å². The smallest absolute Gasteiger partial charge is 0.0806 e. The van der Waals surface area contributed by atoms with E-state index in [1.54, 1.807) is 5.19 Å². The van der Waals surface area contributed by atoms with Crippen LogP contribution in [0, 0.1) is 6.92 Å². The molecular weight excluding hydrogens is 444 g/mol. The van der Waals surface area contributed by atoms with Crippen molar-refractivity contribution in [3.05, 3.63) is 53.6 Å².